The number of Topliss-reactive ketones (excluding diaryl/α,β-unsaturated/α-hetero) is 1. The summed E-state index contributed by atoms with van der Waals surface area (Å²) >= 11 is 1.45. The Labute approximate surface area is 190 Å². The number of carbonyl (C=O) groups is 3. The highest BCUT2D eigenvalue weighted by Crippen LogP contribution is 2.27. The molecular formula is C25H23NO5S. The van der Waals surface area contributed by atoms with Crippen LogP contribution in [0.2, 0.25) is 0 Å². The molecule has 0 aliphatic heterocycles. The second kappa shape index (κ2) is 11.2. The summed E-state index contributed by atoms with van der Waals surface area (Å²) in [6, 6.07) is 21.3. The average molecular weight is 450 g/mol. The van der Waals surface area contributed by atoms with E-state index in [2.05, 4.69) is 5.32 Å². The monoisotopic (exact) mass is 449 g/mol. The molecule has 0 radical (unpaired) electrons. The van der Waals surface area contributed by atoms with Crippen molar-refractivity contribution in [1.82, 2.24) is 0 Å². The number of esters is 1. The van der Waals surface area contributed by atoms with Gasteiger partial charge < -0.3 is 14.8 Å². The van der Waals surface area contributed by atoms with Gasteiger partial charge in [0, 0.05) is 17.4 Å². The lowest BCUT2D eigenvalue weighted by Crippen LogP contribution is -2.15. The van der Waals surface area contributed by atoms with Crippen LogP contribution in [0.3, 0.4) is 0 Å². The average Bonchev–Trinajstić information content (AvgIpc) is 2.81. The zero-order valence-electron chi connectivity index (χ0n) is 17.8. The van der Waals surface area contributed by atoms with Crippen molar-refractivity contribution in [2.45, 2.75) is 18.4 Å². The summed E-state index contributed by atoms with van der Waals surface area (Å²) in [5.74, 6) is -0.687. The van der Waals surface area contributed by atoms with Crippen LogP contribution in [-0.4, -0.2) is 30.5 Å². The second-order valence-electron chi connectivity index (χ2n) is 6.90. The smallest absolute Gasteiger partial charge is 0.338 e. The molecule has 164 valence electrons. The predicted octanol–water partition coefficient (Wildman–Crippen LogP) is 4.99. The fraction of sp³-hybridized carbons (Fsp3) is 0.160. The minimum atomic E-state index is -0.619. The SMILES string of the molecule is CSc1ccc(C(=O)COC(=O)c2cccc(OCc3ccccc3)c2)cc1NC(C)=O. The lowest BCUT2D eigenvalue weighted by atomic mass is 10.1. The Morgan fingerprint density at radius 1 is 0.906 bits per heavy atom. The normalized spacial score (nSPS) is 10.3. The van der Waals surface area contributed by atoms with Gasteiger partial charge in [-0.3, -0.25) is 9.59 Å². The van der Waals surface area contributed by atoms with Gasteiger partial charge in [0.25, 0.3) is 0 Å². The number of benzene rings is 3. The topological polar surface area (TPSA) is 81.7 Å². The first kappa shape index (κ1) is 23.1. The molecule has 0 heterocycles. The van der Waals surface area contributed by atoms with Crippen LogP contribution in [-0.2, 0) is 16.1 Å². The maximum Gasteiger partial charge on any atom is 0.338 e. The molecule has 1 amide bonds. The van der Waals surface area contributed by atoms with Crippen molar-refractivity contribution < 1.29 is 23.9 Å². The van der Waals surface area contributed by atoms with Crippen molar-refractivity contribution in [1.29, 1.82) is 0 Å². The summed E-state index contributed by atoms with van der Waals surface area (Å²) in [4.78, 5) is 37.2. The van der Waals surface area contributed by atoms with Crippen LogP contribution < -0.4 is 10.1 Å². The molecule has 0 fully saturated rings. The molecule has 0 saturated carbocycles. The van der Waals surface area contributed by atoms with E-state index in [0.29, 0.717) is 29.2 Å². The maximum atomic E-state index is 12.5. The zero-order chi connectivity index (χ0) is 22.9. The molecule has 0 saturated heterocycles. The highest BCUT2D eigenvalue weighted by molar-refractivity contribution is 7.98. The third kappa shape index (κ3) is 6.46. The molecule has 0 unspecified atom stereocenters. The standard InChI is InChI=1S/C25H23NO5S/c1-17(27)26-22-14-19(11-12-24(22)32-2)23(28)16-31-25(29)20-9-6-10-21(13-20)30-15-18-7-4-3-5-8-18/h3-14H,15-16H2,1-2H3,(H,26,27). The van der Waals surface area contributed by atoms with Gasteiger partial charge in [-0.2, -0.15) is 0 Å². The van der Waals surface area contributed by atoms with Crippen LogP contribution in [0, 0.1) is 0 Å². The number of carbonyl (C=O) groups excluding carboxylic acids is 3. The van der Waals surface area contributed by atoms with Crippen LogP contribution in [0.4, 0.5) is 5.69 Å². The Balaban J connectivity index is 1.60. The van der Waals surface area contributed by atoms with E-state index in [1.54, 1.807) is 42.5 Å². The van der Waals surface area contributed by atoms with Crippen molar-refractivity contribution in [3.8, 4) is 5.75 Å². The number of hydrogen-bond acceptors (Lipinski definition) is 6. The van der Waals surface area contributed by atoms with Gasteiger partial charge in [0.15, 0.2) is 12.4 Å². The fourth-order valence-corrected chi connectivity index (χ4v) is 3.45. The first-order valence-corrected chi connectivity index (χ1v) is 11.1. The summed E-state index contributed by atoms with van der Waals surface area (Å²) in [6.45, 7) is 1.37. The first-order valence-electron chi connectivity index (χ1n) is 9.89. The first-order chi connectivity index (χ1) is 15.5. The van der Waals surface area contributed by atoms with Gasteiger partial charge in [0.05, 0.1) is 11.3 Å². The largest absolute Gasteiger partial charge is 0.489 e. The van der Waals surface area contributed by atoms with Crippen LogP contribution in [0.5, 0.6) is 5.75 Å². The van der Waals surface area contributed by atoms with E-state index in [4.69, 9.17) is 9.47 Å². The molecule has 7 heteroatoms. The van der Waals surface area contributed by atoms with E-state index in [-0.39, 0.29) is 11.7 Å². The number of thioether (sulfide) groups is 1. The lowest BCUT2D eigenvalue weighted by molar-refractivity contribution is -0.114. The van der Waals surface area contributed by atoms with Crippen LogP contribution in [0.15, 0.2) is 77.7 Å². The number of ketones is 1. The predicted molar refractivity (Wildman–Crippen MR) is 124 cm³/mol. The Bertz CT molecular complexity index is 1110. The van der Waals surface area contributed by atoms with Gasteiger partial charge in [-0.25, -0.2) is 4.79 Å². The van der Waals surface area contributed by atoms with Gasteiger partial charge >= 0.3 is 5.97 Å². The zero-order valence-corrected chi connectivity index (χ0v) is 18.6. The van der Waals surface area contributed by atoms with Crippen LogP contribution >= 0.6 is 11.8 Å². The number of rotatable bonds is 9. The molecule has 32 heavy (non-hydrogen) atoms. The van der Waals surface area contributed by atoms with E-state index in [0.717, 1.165) is 10.5 Å². The Morgan fingerprint density at radius 3 is 2.41 bits per heavy atom. The highest BCUT2D eigenvalue weighted by Gasteiger charge is 2.15. The Kier molecular flexibility index (Phi) is 8.05. The van der Waals surface area contributed by atoms with Gasteiger partial charge in [0.1, 0.15) is 12.4 Å². The Hall–Kier alpha value is -3.58. The van der Waals surface area contributed by atoms with E-state index in [1.807, 2.05) is 36.6 Å². The Morgan fingerprint density at radius 2 is 1.69 bits per heavy atom. The molecule has 0 bridgehead atoms. The second-order valence-corrected chi connectivity index (χ2v) is 7.75. The van der Waals surface area contributed by atoms with Gasteiger partial charge in [-0.1, -0.05) is 42.5 Å². The molecule has 0 aromatic heterocycles. The third-order valence-corrected chi connectivity index (χ3v) is 5.28. The van der Waals surface area contributed by atoms with Gasteiger partial charge in [-0.05, 0) is 42.2 Å². The molecule has 3 aromatic rings. The summed E-state index contributed by atoms with van der Waals surface area (Å²) in [5.41, 5.74) is 2.20. The molecule has 0 spiro atoms. The van der Waals surface area contributed by atoms with Crippen LogP contribution in [0.25, 0.3) is 0 Å². The van der Waals surface area contributed by atoms with Crippen LogP contribution in [0.1, 0.15) is 33.2 Å². The number of amides is 1. The van der Waals surface area contributed by atoms with Crippen molar-refractivity contribution >= 4 is 35.1 Å². The van der Waals surface area contributed by atoms with E-state index < -0.39 is 12.6 Å². The molecular weight excluding hydrogens is 426 g/mol. The maximum absolute atomic E-state index is 12.5. The van der Waals surface area contributed by atoms with E-state index in [9.17, 15) is 14.4 Å². The minimum absolute atomic E-state index is 0.231. The molecule has 1 N–H and O–H groups in total. The summed E-state index contributed by atoms with van der Waals surface area (Å²) in [6.07, 6.45) is 1.88. The van der Waals surface area contributed by atoms with Crippen molar-refractivity contribution in [2.75, 3.05) is 18.2 Å². The minimum Gasteiger partial charge on any atom is -0.489 e. The van der Waals surface area contributed by atoms with Crippen molar-refractivity contribution in [3.05, 3.63) is 89.5 Å². The van der Waals surface area contributed by atoms with E-state index in [1.165, 1.54) is 18.7 Å². The number of ether oxygens (including phenoxy) is 2. The van der Waals surface area contributed by atoms with Crippen molar-refractivity contribution in [3.63, 3.8) is 0 Å². The van der Waals surface area contributed by atoms with Gasteiger partial charge in [0.2, 0.25) is 5.91 Å². The molecule has 3 rings (SSSR count). The summed E-state index contributed by atoms with van der Waals surface area (Å²) in [5, 5.41) is 2.71. The molecule has 0 aliphatic rings. The number of nitrogens with one attached hydrogen (secondary N) is 1. The summed E-state index contributed by atoms with van der Waals surface area (Å²) in [7, 11) is 0. The molecule has 0 aliphatic carbocycles. The third-order valence-electron chi connectivity index (χ3n) is 4.48. The lowest BCUT2D eigenvalue weighted by Gasteiger charge is -2.11. The van der Waals surface area contributed by atoms with Crippen molar-refractivity contribution in [2.24, 2.45) is 0 Å². The summed E-state index contributed by atoms with van der Waals surface area (Å²) < 4.78 is 10.9. The molecule has 3 aromatic carbocycles. The number of hydrogen-bond donors (Lipinski definition) is 1. The quantitative estimate of drug-likeness (QED) is 0.282. The molecule has 6 nitrogen and oxygen atoms in total. The highest BCUT2D eigenvalue weighted by atomic mass is 32.2. The van der Waals surface area contributed by atoms with Gasteiger partial charge in [-0.15, -0.1) is 11.8 Å². The number of anilines is 1. The molecule has 0 atom stereocenters. The fourth-order valence-electron chi connectivity index (χ4n) is 2.92. The van der Waals surface area contributed by atoms with E-state index >= 15 is 0 Å².